The average Bonchev–Trinajstić information content (AvgIpc) is 2.73. The van der Waals surface area contributed by atoms with Crippen molar-refractivity contribution in [3.05, 3.63) is 77.6 Å². The highest BCUT2D eigenvalue weighted by molar-refractivity contribution is 6.32. The summed E-state index contributed by atoms with van der Waals surface area (Å²) in [5.74, 6) is -1.17. The predicted octanol–water partition coefficient (Wildman–Crippen LogP) is 4.65. The van der Waals surface area contributed by atoms with Crippen LogP contribution < -0.4 is 5.32 Å². The molecule has 0 atom stereocenters. The second-order valence-electron chi connectivity index (χ2n) is 5.70. The number of benzene rings is 2. The number of carbonyl (C=O) groups is 2. The average molecular weight is 411 g/mol. The number of azo groups is 1. The SMILES string of the molecule is O=C(COC(=O)c1ccccc1N=Nc1ccc(O)cc1)Nc1cccnc1Cl. The molecule has 0 aliphatic rings. The summed E-state index contributed by atoms with van der Waals surface area (Å²) < 4.78 is 5.06. The van der Waals surface area contributed by atoms with Crippen LogP contribution in [-0.4, -0.2) is 28.6 Å². The van der Waals surface area contributed by atoms with E-state index in [0.717, 1.165) is 0 Å². The quantitative estimate of drug-likeness (QED) is 0.349. The van der Waals surface area contributed by atoms with Gasteiger partial charge in [0.25, 0.3) is 5.91 Å². The van der Waals surface area contributed by atoms with Crippen LogP contribution in [0.5, 0.6) is 5.75 Å². The first-order valence-corrected chi connectivity index (χ1v) is 8.78. The lowest BCUT2D eigenvalue weighted by Gasteiger charge is -2.08. The van der Waals surface area contributed by atoms with E-state index < -0.39 is 18.5 Å². The summed E-state index contributed by atoms with van der Waals surface area (Å²) >= 11 is 5.87. The van der Waals surface area contributed by atoms with Crippen molar-refractivity contribution in [2.24, 2.45) is 10.2 Å². The Morgan fingerprint density at radius 2 is 1.79 bits per heavy atom. The molecule has 9 heteroatoms. The van der Waals surface area contributed by atoms with Crippen LogP contribution in [0, 0.1) is 0 Å². The van der Waals surface area contributed by atoms with E-state index in [4.69, 9.17) is 16.3 Å². The van der Waals surface area contributed by atoms with E-state index in [-0.39, 0.29) is 22.2 Å². The number of aromatic nitrogens is 1. The summed E-state index contributed by atoms with van der Waals surface area (Å²) in [4.78, 5) is 28.2. The molecule has 0 aliphatic heterocycles. The standard InChI is InChI=1S/C20H15ClN4O4/c21-19-17(6-3-11-22-19)23-18(27)12-29-20(28)15-4-1-2-5-16(15)25-24-13-7-9-14(26)10-8-13/h1-11,26H,12H2,(H,23,27). The van der Waals surface area contributed by atoms with Crippen LogP contribution in [0.1, 0.15) is 10.4 Å². The van der Waals surface area contributed by atoms with Gasteiger partial charge in [-0.2, -0.15) is 5.11 Å². The van der Waals surface area contributed by atoms with Crippen molar-refractivity contribution in [1.29, 1.82) is 0 Å². The Labute approximate surface area is 170 Å². The number of carbonyl (C=O) groups excluding carboxylic acids is 2. The molecule has 146 valence electrons. The molecular formula is C20H15ClN4O4. The van der Waals surface area contributed by atoms with Gasteiger partial charge in [-0.05, 0) is 48.5 Å². The van der Waals surface area contributed by atoms with Crippen LogP contribution in [0.25, 0.3) is 0 Å². The van der Waals surface area contributed by atoms with Gasteiger partial charge in [-0.1, -0.05) is 23.7 Å². The maximum absolute atomic E-state index is 12.4. The van der Waals surface area contributed by atoms with Gasteiger partial charge in [0.15, 0.2) is 11.8 Å². The molecule has 0 aliphatic carbocycles. The maximum Gasteiger partial charge on any atom is 0.340 e. The highest BCUT2D eigenvalue weighted by Crippen LogP contribution is 2.24. The Morgan fingerprint density at radius 1 is 1.03 bits per heavy atom. The van der Waals surface area contributed by atoms with E-state index in [0.29, 0.717) is 11.4 Å². The van der Waals surface area contributed by atoms with Gasteiger partial charge in [0.2, 0.25) is 0 Å². The molecule has 2 N–H and O–H groups in total. The molecule has 0 unspecified atom stereocenters. The number of aromatic hydroxyl groups is 1. The molecule has 0 bridgehead atoms. The summed E-state index contributed by atoms with van der Waals surface area (Å²) in [5, 5.41) is 20.0. The summed E-state index contributed by atoms with van der Waals surface area (Å²) in [6.45, 7) is -0.506. The first kappa shape index (κ1) is 20.0. The number of rotatable bonds is 6. The van der Waals surface area contributed by atoms with Crippen LogP contribution in [0.3, 0.4) is 0 Å². The van der Waals surface area contributed by atoms with Crippen molar-refractivity contribution in [3.8, 4) is 5.75 Å². The van der Waals surface area contributed by atoms with Gasteiger partial charge in [-0.25, -0.2) is 9.78 Å². The smallest absolute Gasteiger partial charge is 0.340 e. The van der Waals surface area contributed by atoms with Crippen molar-refractivity contribution in [2.75, 3.05) is 11.9 Å². The molecule has 3 aromatic rings. The highest BCUT2D eigenvalue weighted by atomic mass is 35.5. The number of nitrogens with zero attached hydrogens (tertiary/aromatic N) is 3. The molecule has 1 aromatic heterocycles. The van der Waals surface area contributed by atoms with Gasteiger partial charge < -0.3 is 15.2 Å². The zero-order chi connectivity index (χ0) is 20.6. The van der Waals surface area contributed by atoms with Gasteiger partial charge in [0, 0.05) is 6.20 Å². The Bertz CT molecular complexity index is 1050. The second kappa shape index (κ2) is 9.43. The topological polar surface area (TPSA) is 113 Å². The summed E-state index contributed by atoms with van der Waals surface area (Å²) in [5.41, 5.74) is 1.25. The zero-order valence-corrected chi connectivity index (χ0v) is 15.7. The van der Waals surface area contributed by atoms with E-state index in [2.05, 4.69) is 20.5 Å². The molecule has 29 heavy (non-hydrogen) atoms. The first-order chi connectivity index (χ1) is 14.0. The number of nitrogens with one attached hydrogen (secondary N) is 1. The van der Waals surface area contributed by atoms with Crippen molar-refractivity contribution < 1.29 is 19.4 Å². The van der Waals surface area contributed by atoms with Gasteiger partial charge in [0.1, 0.15) is 11.4 Å². The number of ether oxygens (including phenoxy) is 1. The number of esters is 1. The molecule has 0 saturated carbocycles. The fourth-order valence-electron chi connectivity index (χ4n) is 2.24. The van der Waals surface area contributed by atoms with Gasteiger partial charge in [-0.15, -0.1) is 5.11 Å². The van der Waals surface area contributed by atoms with E-state index in [1.165, 1.54) is 24.4 Å². The minimum atomic E-state index is -0.724. The lowest BCUT2D eigenvalue weighted by atomic mass is 10.2. The van der Waals surface area contributed by atoms with Crippen LogP contribution in [0.4, 0.5) is 17.1 Å². The normalized spacial score (nSPS) is 10.7. The van der Waals surface area contributed by atoms with Crippen molar-refractivity contribution in [2.45, 2.75) is 0 Å². The number of hydrogen-bond acceptors (Lipinski definition) is 7. The zero-order valence-electron chi connectivity index (χ0n) is 14.9. The number of halogens is 1. The van der Waals surface area contributed by atoms with E-state index in [1.54, 1.807) is 42.5 Å². The first-order valence-electron chi connectivity index (χ1n) is 8.40. The minimum Gasteiger partial charge on any atom is -0.508 e. The largest absolute Gasteiger partial charge is 0.508 e. The summed E-state index contributed by atoms with van der Waals surface area (Å²) in [6.07, 6.45) is 1.49. The third kappa shape index (κ3) is 5.60. The van der Waals surface area contributed by atoms with Crippen molar-refractivity contribution in [3.63, 3.8) is 0 Å². The molecule has 0 spiro atoms. The molecule has 0 radical (unpaired) electrons. The Kier molecular flexibility index (Phi) is 6.49. The summed E-state index contributed by atoms with van der Waals surface area (Å²) in [7, 11) is 0. The number of phenolic OH excluding ortho intramolecular Hbond substituents is 1. The van der Waals surface area contributed by atoms with Crippen LogP contribution in [0.2, 0.25) is 5.15 Å². The molecule has 2 aromatic carbocycles. The van der Waals surface area contributed by atoms with Crippen molar-refractivity contribution >= 4 is 40.5 Å². The fraction of sp³-hybridized carbons (Fsp3) is 0.0500. The third-order valence-corrected chi connectivity index (χ3v) is 3.92. The Morgan fingerprint density at radius 3 is 2.55 bits per heavy atom. The fourth-order valence-corrected chi connectivity index (χ4v) is 2.41. The van der Waals surface area contributed by atoms with E-state index in [1.807, 2.05) is 0 Å². The number of amides is 1. The van der Waals surface area contributed by atoms with Crippen molar-refractivity contribution in [1.82, 2.24) is 4.98 Å². The van der Waals surface area contributed by atoms with Gasteiger partial charge in [-0.3, -0.25) is 4.79 Å². The highest BCUT2D eigenvalue weighted by Gasteiger charge is 2.15. The Balaban J connectivity index is 1.64. The molecular weight excluding hydrogens is 396 g/mol. The van der Waals surface area contributed by atoms with Crippen LogP contribution in [0.15, 0.2) is 77.1 Å². The number of anilines is 1. The number of phenols is 1. The third-order valence-electron chi connectivity index (χ3n) is 3.61. The van der Waals surface area contributed by atoms with E-state index in [9.17, 15) is 14.7 Å². The lowest BCUT2D eigenvalue weighted by molar-refractivity contribution is -0.119. The predicted molar refractivity (Wildman–Crippen MR) is 107 cm³/mol. The monoisotopic (exact) mass is 410 g/mol. The molecule has 0 saturated heterocycles. The molecule has 1 amide bonds. The maximum atomic E-state index is 12.4. The Hall–Kier alpha value is -3.78. The lowest BCUT2D eigenvalue weighted by Crippen LogP contribution is -2.21. The molecule has 3 rings (SSSR count). The van der Waals surface area contributed by atoms with Crippen LogP contribution >= 0.6 is 11.6 Å². The van der Waals surface area contributed by atoms with Crippen LogP contribution in [-0.2, 0) is 9.53 Å². The second-order valence-corrected chi connectivity index (χ2v) is 6.06. The van der Waals surface area contributed by atoms with Gasteiger partial charge in [0.05, 0.1) is 16.9 Å². The molecule has 8 nitrogen and oxygen atoms in total. The number of pyridine rings is 1. The number of hydrogen-bond donors (Lipinski definition) is 2. The van der Waals surface area contributed by atoms with E-state index >= 15 is 0 Å². The molecule has 0 fully saturated rings. The minimum absolute atomic E-state index is 0.110. The van der Waals surface area contributed by atoms with Gasteiger partial charge >= 0.3 is 5.97 Å². The molecule has 1 heterocycles. The summed E-state index contributed by atoms with van der Waals surface area (Å²) in [6, 6.07) is 15.7.